The van der Waals surface area contributed by atoms with Crippen molar-refractivity contribution >= 4 is 17.5 Å². The second kappa shape index (κ2) is 7.87. The molecule has 0 aromatic heterocycles. The fourth-order valence-corrected chi connectivity index (χ4v) is 3.07. The Labute approximate surface area is 149 Å². The summed E-state index contributed by atoms with van der Waals surface area (Å²) in [6.07, 6.45) is 1.59. The highest BCUT2D eigenvalue weighted by molar-refractivity contribution is 5.93. The van der Waals surface area contributed by atoms with Gasteiger partial charge in [0.1, 0.15) is 5.75 Å². The van der Waals surface area contributed by atoms with Crippen molar-refractivity contribution in [1.29, 1.82) is 0 Å². The zero-order valence-electron chi connectivity index (χ0n) is 15.5. The zero-order chi connectivity index (χ0) is 18.6. The first kappa shape index (κ1) is 19.2. The molecule has 25 heavy (non-hydrogen) atoms. The third kappa shape index (κ3) is 4.72. The number of rotatable bonds is 4. The highest BCUT2D eigenvalue weighted by Crippen LogP contribution is 2.26. The Morgan fingerprint density at radius 3 is 2.68 bits per heavy atom. The minimum atomic E-state index is -0.440. The maximum absolute atomic E-state index is 12.6. The summed E-state index contributed by atoms with van der Waals surface area (Å²) in [5.41, 5.74) is 0.798. The quantitative estimate of drug-likeness (QED) is 0.876. The zero-order valence-corrected chi connectivity index (χ0v) is 15.5. The van der Waals surface area contributed by atoms with Crippen LogP contribution in [-0.2, 0) is 16.2 Å². The predicted molar refractivity (Wildman–Crippen MR) is 96.3 cm³/mol. The second-order valence-corrected chi connectivity index (χ2v) is 7.51. The van der Waals surface area contributed by atoms with Crippen molar-refractivity contribution in [2.24, 2.45) is 11.3 Å². The molecule has 138 valence electrons. The molecule has 1 saturated heterocycles. The fourth-order valence-electron chi connectivity index (χ4n) is 3.07. The molecule has 2 N–H and O–H groups in total. The van der Waals surface area contributed by atoms with Crippen molar-refractivity contribution in [2.45, 2.75) is 40.2 Å². The third-order valence-corrected chi connectivity index (χ3v) is 4.44. The van der Waals surface area contributed by atoms with E-state index in [9.17, 15) is 14.7 Å². The molecule has 1 fully saturated rings. The highest BCUT2D eigenvalue weighted by Gasteiger charge is 2.33. The third-order valence-electron chi connectivity index (χ3n) is 4.44. The van der Waals surface area contributed by atoms with Crippen LogP contribution in [0, 0.1) is 11.3 Å². The van der Waals surface area contributed by atoms with Crippen molar-refractivity contribution in [3.05, 3.63) is 23.8 Å². The molecule has 1 aliphatic rings. The lowest BCUT2D eigenvalue weighted by Crippen LogP contribution is -2.47. The number of nitrogens with one attached hydrogen (secondary N) is 1. The lowest BCUT2D eigenvalue weighted by Gasteiger charge is -2.35. The standard InChI is InChI=1S/C19H28N2O4/c1-19(2,3)18(24)21-9-5-6-13(11-21)17(23)20-15-7-8-16(25-4)14(10-15)12-22/h7-8,10,13,22H,5-6,9,11-12H2,1-4H3,(H,20,23)/t13-/m0/s1. The molecule has 1 aromatic carbocycles. The average Bonchev–Trinajstić information content (AvgIpc) is 2.60. The Balaban J connectivity index is 2.04. The number of nitrogens with zero attached hydrogens (tertiary/aromatic N) is 1. The summed E-state index contributed by atoms with van der Waals surface area (Å²) in [7, 11) is 1.54. The van der Waals surface area contributed by atoms with Gasteiger partial charge in [-0.05, 0) is 31.0 Å². The van der Waals surface area contributed by atoms with Gasteiger partial charge in [-0.25, -0.2) is 0 Å². The lowest BCUT2D eigenvalue weighted by molar-refractivity contribution is -0.142. The van der Waals surface area contributed by atoms with Gasteiger partial charge in [0, 0.05) is 29.8 Å². The number of aliphatic hydroxyl groups is 1. The van der Waals surface area contributed by atoms with E-state index in [1.165, 1.54) is 7.11 Å². The molecule has 0 saturated carbocycles. The molecule has 0 unspecified atom stereocenters. The van der Waals surface area contributed by atoms with Crippen LogP contribution in [0.3, 0.4) is 0 Å². The fraction of sp³-hybridized carbons (Fsp3) is 0.579. The van der Waals surface area contributed by atoms with E-state index < -0.39 is 5.41 Å². The lowest BCUT2D eigenvalue weighted by atomic mass is 9.91. The van der Waals surface area contributed by atoms with Crippen LogP contribution in [-0.4, -0.2) is 42.0 Å². The first-order chi connectivity index (χ1) is 11.8. The molecule has 0 spiro atoms. The summed E-state index contributed by atoms with van der Waals surface area (Å²) in [4.78, 5) is 26.8. The molecule has 2 rings (SSSR count). The minimum Gasteiger partial charge on any atom is -0.496 e. The summed E-state index contributed by atoms with van der Waals surface area (Å²) < 4.78 is 5.17. The Hall–Kier alpha value is -2.08. The van der Waals surface area contributed by atoms with Crippen LogP contribution in [0.15, 0.2) is 18.2 Å². The smallest absolute Gasteiger partial charge is 0.229 e. The van der Waals surface area contributed by atoms with Crippen LogP contribution < -0.4 is 10.1 Å². The number of methoxy groups -OCH3 is 1. The molecule has 1 aromatic rings. The van der Waals surface area contributed by atoms with Crippen molar-refractivity contribution in [3.8, 4) is 5.75 Å². The van der Waals surface area contributed by atoms with Gasteiger partial charge in [-0.15, -0.1) is 0 Å². The molecule has 1 atom stereocenters. The van der Waals surface area contributed by atoms with E-state index in [-0.39, 0.29) is 24.3 Å². The van der Waals surface area contributed by atoms with E-state index in [1.807, 2.05) is 20.8 Å². The van der Waals surface area contributed by atoms with Gasteiger partial charge in [0.15, 0.2) is 0 Å². The van der Waals surface area contributed by atoms with Crippen molar-refractivity contribution in [3.63, 3.8) is 0 Å². The molecule has 2 amide bonds. The van der Waals surface area contributed by atoms with Crippen molar-refractivity contribution in [2.75, 3.05) is 25.5 Å². The number of carbonyl (C=O) groups is 2. The Morgan fingerprint density at radius 1 is 1.36 bits per heavy atom. The van der Waals surface area contributed by atoms with Crippen LogP contribution in [0.25, 0.3) is 0 Å². The largest absolute Gasteiger partial charge is 0.496 e. The molecule has 1 aliphatic heterocycles. The Kier molecular flexibility index (Phi) is 6.06. The average molecular weight is 348 g/mol. The minimum absolute atomic E-state index is 0.0806. The van der Waals surface area contributed by atoms with E-state index in [0.29, 0.717) is 30.1 Å². The number of likely N-dealkylation sites (tertiary alicyclic amines) is 1. The van der Waals surface area contributed by atoms with Gasteiger partial charge in [0.05, 0.1) is 19.6 Å². The van der Waals surface area contributed by atoms with Crippen LogP contribution in [0.4, 0.5) is 5.69 Å². The summed E-state index contributed by atoms with van der Waals surface area (Å²) >= 11 is 0. The number of ether oxygens (including phenoxy) is 1. The molecular weight excluding hydrogens is 320 g/mol. The molecule has 6 nitrogen and oxygen atoms in total. The van der Waals surface area contributed by atoms with E-state index in [4.69, 9.17) is 4.74 Å². The molecule has 1 heterocycles. The number of carbonyl (C=O) groups excluding carboxylic acids is 2. The molecule has 0 radical (unpaired) electrons. The summed E-state index contributed by atoms with van der Waals surface area (Å²) in [5, 5.41) is 12.3. The number of hydrogen-bond donors (Lipinski definition) is 2. The Bertz CT molecular complexity index is 637. The number of anilines is 1. The van der Waals surface area contributed by atoms with Gasteiger partial charge >= 0.3 is 0 Å². The predicted octanol–water partition coefficient (Wildman–Crippen LogP) is 2.41. The Morgan fingerprint density at radius 2 is 2.08 bits per heavy atom. The van der Waals surface area contributed by atoms with Crippen molar-refractivity contribution < 1.29 is 19.4 Å². The monoisotopic (exact) mass is 348 g/mol. The van der Waals surface area contributed by atoms with E-state index in [2.05, 4.69) is 5.32 Å². The second-order valence-electron chi connectivity index (χ2n) is 7.51. The summed E-state index contributed by atoms with van der Waals surface area (Å²) in [6, 6.07) is 5.17. The van der Waals surface area contributed by atoms with Gasteiger partial charge in [0.2, 0.25) is 11.8 Å². The van der Waals surface area contributed by atoms with Gasteiger partial charge in [-0.1, -0.05) is 20.8 Å². The van der Waals surface area contributed by atoms with E-state index in [0.717, 1.165) is 12.8 Å². The number of aliphatic hydroxyl groups excluding tert-OH is 1. The number of hydrogen-bond acceptors (Lipinski definition) is 4. The number of piperidine rings is 1. The number of benzene rings is 1. The van der Waals surface area contributed by atoms with E-state index in [1.54, 1.807) is 23.1 Å². The molecular formula is C19H28N2O4. The normalized spacial score (nSPS) is 18.0. The maximum Gasteiger partial charge on any atom is 0.229 e. The summed E-state index contributed by atoms with van der Waals surface area (Å²) in [6.45, 7) is 6.68. The van der Waals surface area contributed by atoms with Crippen LogP contribution >= 0.6 is 0 Å². The molecule has 0 aliphatic carbocycles. The van der Waals surface area contributed by atoms with Gasteiger partial charge in [-0.2, -0.15) is 0 Å². The number of amides is 2. The topological polar surface area (TPSA) is 78.9 Å². The van der Waals surface area contributed by atoms with Gasteiger partial charge in [0.25, 0.3) is 0 Å². The molecule has 6 heteroatoms. The highest BCUT2D eigenvalue weighted by atomic mass is 16.5. The van der Waals surface area contributed by atoms with Gasteiger partial charge in [-0.3, -0.25) is 9.59 Å². The van der Waals surface area contributed by atoms with Crippen LogP contribution in [0.5, 0.6) is 5.75 Å². The molecule has 0 bridgehead atoms. The summed E-state index contributed by atoms with van der Waals surface area (Å²) in [5.74, 6) is 0.345. The van der Waals surface area contributed by atoms with Gasteiger partial charge < -0.3 is 20.1 Å². The van der Waals surface area contributed by atoms with Crippen LogP contribution in [0.2, 0.25) is 0 Å². The first-order valence-corrected chi connectivity index (χ1v) is 8.64. The SMILES string of the molecule is COc1ccc(NC(=O)[C@H]2CCCN(C(=O)C(C)(C)C)C2)cc1CO. The maximum atomic E-state index is 12.6. The van der Waals surface area contributed by atoms with Crippen LogP contribution in [0.1, 0.15) is 39.2 Å². The van der Waals surface area contributed by atoms with E-state index >= 15 is 0 Å². The van der Waals surface area contributed by atoms with Crippen molar-refractivity contribution in [1.82, 2.24) is 4.90 Å². The first-order valence-electron chi connectivity index (χ1n) is 8.64.